The molecule has 2 atom stereocenters. The molecule has 2 saturated heterocycles. The molecular weight excluding hydrogens is 516 g/mol. The van der Waals surface area contributed by atoms with Gasteiger partial charge in [-0.3, -0.25) is 9.59 Å². The molecule has 3 fully saturated rings. The van der Waals surface area contributed by atoms with Gasteiger partial charge in [0.1, 0.15) is 0 Å². The van der Waals surface area contributed by atoms with Crippen LogP contribution in [0.3, 0.4) is 0 Å². The molecule has 1 aromatic carbocycles. The van der Waals surface area contributed by atoms with Gasteiger partial charge in [0.2, 0.25) is 11.8 Å². The zero-order chi connectivity index (χ0) is 27.6. The third kappa shape index (κ3) is 6.99. The third-order valence-corrected chi connectivity index (χ3v) is 7.83. The Labute approximate surface area is 217 Å². The number of halogens is 6. The first-order chi connectivity index (χ1) is 17.9. The molecule has 1 saturated carbocycles. The zero-order valence-corrected chi connectivity index (χ0v) is 20.9. The monoisotopic (exact) mass is 549 g/mol. The van der Waals surface area contributed by atoms with Gasteiger partial charge in [0.15, 0.2) is 0 Å². The van der Waals surface area contributed by atoms with E-state index in [0.717, 1.165) is 25.7 Å². The van der Waals surface area contributed by atoms with Crippen LogP contribution in [0.5, 0.6) is 0 Å². The van der Waals surface area contributed by atoms with Gasteiger partial charge in [-0.25, -0.2) is 0 Å². The fourth-order valence-electron chi connectivity index (χ4n) is 5.50. The van der Waals surface area contributed by atoms with Crippen molar-refractivity contribution < 1.29 is 40.7 Å². The summed E-state index contributed by atoms with van der Waals surface area (Å²) in [4.78, 5) is 27.1. The van der Waals surface area contributed by atoms with Crippen molar-refractivity contribution in [2.45, 2.75) is 69.9 Å². The highest BCUT2D eigenvalue weighted by molar-refractivity contribution is 5.91. The van der Waals surface area contributed by atoms with E-state index in [0.29, 0.717) is 63.6 Å². The van der Waals surface area contributed by atoms with Crippen LogP contribution in [0.2, 0.25) is 0 Å². The minimum atomic E-state index is -4.98. The first-order valence-electron chi connectivity index (χ1n) is 13.1. The SMILES string of the molecule is O=C(NCC1CCCO1)C(CC1CC1)C1(C(=O)NCc2cc(C(F)(F)F)cc(C(F)(F)F)c2)CCNCC1. The van der Waals surface area contributed by atoms with Crippen LogP contribution in [0.15, 0.2) is 18.2 Å². The molecule has 2 unspecified atom stereocenters. The van der Waals surface area contributed by atoms with Crippen LogP contribution in [-0.4, -0.2) is 44.2 Å². The molecule has 2 aliphatic heterocycles. The number of carbonyl (C=O) groups is 2. The maximum Gasteiger partial charge on any atom is 0.416 e. The Bertz CT molecular complexity index is 965. The summed E-state index contributed by atoms with van der Waals surface area (Å²) in [6.07, 6.45) is -5.21. The average Bonchev–Trinajstić information content (AvgIpc) is 3.54. The van der Waals surface area contributed by atoms with E-state index in [1.165, 1.54) is 0 Å². The van der Waals surface area contributed by atoms with Crippen LogP contribution in [-0.2, 0) is 33.2 Å². The van der Waals surface area contributed by atoms with Crippen LogP contribution in [0, 0.1) is 17.3 Å². The van der Waals surface area contributed by atoms with Crippen molar-refractivity contribution in [1.82, 2.24) is 16.0 Å². The molecule has 0 bridgehead atoms. The first kappa shape index (κ1) is 28.7. The molecule has 0 aromatic heterocycles. The van der Waals surface area contributed by atoms with E-state index in [2.05, 4.69) is 16.0 Å². The molecule has 0 spiro atoms. The van der Waals surface area contributed by atoms with Crippen molar-refractivity contribution in [3.05, 3.63) is 34.9 Å². The van der Waals surface area contributed by atoms with Crippen molar-refractivity contribution in [3.63, 3.8) is 0 Å². The Morgan fingerprint density at radius 3 is 2.13 bits per heavy atom. The fourth-order valence-corrected chi connectivity index (χ4v) is 5.50. The number of ether oxygens (including phenoxy) is 1. The smallest absolute Gasteiger partial charge is 0.376 e. The Hall–Kier alpha value is -2.34. The molecule has 38 heavy (non-hydrogen) atoms. The molecule has 3 N–H and O–H groups in total. The second kappa shape index (κ2) is 11.4. The summed E-state index contributed by atoms with van der Waals surface area (Å²) in [7, 11) is 0. The van der Waals surface area contributed by atoms with Crippen LogP contribution in [0.4, 0.5) is 26.3 Å². The van der Waals surface area contributed by atoms with E-state index in [4.69, 9.17) is 4.74 Å². The van der Waals surface area contributed by atoms with Gasteiger partial charge in [-0.1, -0.05) is 12.8 Å². The van der Waals surface area contributed by atoms with Crippen LogP contribution < -0.4 is 16.0 Å². The van der Waals surface area contributed by atoms with Gasteiger partial charge in [0.25, 0.3) is 0 Å². The molecule has 1 aromatic rings. The molecule has 212 valence electrons. The number of hydrogen-bond donors (Lipinski definition) is 3. The Morgan fingerprint density at radius 2 is 1.61 bits per heavy atom. The number of benzene rings is 1. The molecule has 2 heterocycles. The summed E-state index contributed by atoms with van der Waals surface area (Å²) in [5, 5.41) is 8.70. The van der Waals surface area contributed by atoms with E-state index in [1.54, 1.807) is 0 Å². The van der Waals surface area contributed by atoms with Crippen molar-refractivity contribution in [2.75, 3.05) is 26.2 Å². The number of nitrogens with one attached hydrogen (secondary N) is 3. The van der Waals surface area contributed by atoms with Gasteiger partial charge >= 0.3 is 12.4 Å². The van der Waals surface area contributed by atoms with Gasteiger partial charge in [0, 0.05) is 19.7 Å². The molecule has 6 nitrogen and oxygen atoms in total. The molecule has 4 rings (SSSR count). The second-order valence-corrected chi connectivity index (χ2v) is 10.6. The lowest BCUT2D eigenvalue weighted by atomic mass is 9.66. The van der Waals surface area contributed by atoms with Gasteiger partial charge < -0.3 is 20.7 Å². The number of piperidine rings is 1. The van der Waals surface area contributed by atoms with Gasteiger partial charge in [-0.05, 0) is 74.9 Å². The van der Waals surface area contributed by atoms with Crippen molar-refractivity contribution in [2.24, 2.45) is 17.3 Å². The summed E-state index contributed by atoms with van der Waals surface area (Å²) in [6.45, 7) is 1.38. The summed E-state index contributed by atoms with van der Waals surface area (Å²) in [5.74, 6) is -1.14. The zero-order valence-electron chi connectivity index (χ0n) is 20.9. The fraction of sp³-hybridized carbons (Fsp3) is 0.692. The number of alkyl halides is 6. The largest absolute Gasteiger partial charge is 0.416 e. The third-order valence-electron chi connectivity index (χ3n) is 7.83. The quantitative estimate of drug-likeness (QED) is 0.399. The van der Waals surface area contributed by atoms with Gasteiger partial charge in [0.05, 0.1) is 28.6 Å². The first-order valence-corrected chi connectivity index (χ1v) is 13.1. The van der Waals surface area contributed by atoms with Crippen molar-refractivity contribution in [3.8, 4) is 0 Å². The van der Waals surface area contributed by atoms with Crippen LogP contribution in [0.25, 0.3) is 0 Å². The second-order valence-electron chi connectivity index (χ2n) is 10.6. The highest BCUT2D eigenvalue weighted by Gasteiger charge is 2.51. The van der Waals surface area contributed by atoms with E-state index < -0.39 is 47.3 Å². The maximum absolute atomic E-state index is 13.7. The predicted octanol–water partition coefficient (Wildman–Crippen LogP) is 4.42. The van der Waals surface area contributed by atoms with Crippen molar-refractivity contribution >= 4 is 11.8 Å². The average molecular weight is 550 g/mol. The number of carbonyl (C=O) groups excluding carboxylic acids is 2. The molecule has 3 aliphatic rings. The molecule has 0 radical (unpaired) electrons. The predicted molar refractivity (Wildman–Crippen MR) is 126 cm³/mol. The highest BCUT2D eigenvalue weighted by atomic mass is 19.4. The Morgan fingerprint density at radius 1 is 0.974 bits per heavy atom. The van der Waals surface area contributed by atoms with Crippen molar-refractivity contribution in [1.29, 1.82) is 0 Å². The minimum Gasteiger partial charge on any atom is -0.376 e. The number of rotatable bonds is 9. The van der Waals surface area contributed by atoms with Crippen LogP contribution >= 0.6 is 0 Å². The summed E-state index contributed by atoms with van der Waals surface area (Å²) < 4.78 is 85.3. The molecule has 2 amide bonds. The van der Waals surface area contributed by atoms with E-state index in [-0.39, 0.29) is 23.6 Å². The highest BCUT2D eigenvalue weighted by Crippen LogP contribution is 2.46. The van der Waals surface area contributed by atoms with E-state index >= 15 is 0 Å². The van der Waals surface area contributed by atoms with Gasteiger partial charge in [-0.15, -0.1) is 0 Å². The lowest BCUT2D eigenvalue weighted by Crippen LogP contribution is -2.55. The Kier molecular flexibility index (Phi) is 8.61. The summed E-state index contributed by atoms with van der Waals surface area (Å²) >= 11 is 0. The standard InChI is InChI=1S/C26H33F6N3O3/c27-25(28,29)18-10-17(11-19(13-18)26(30,31)32)14-35-23(37)24(5-7-33-8-6-24)21(12-16-3-4-16)22(36)34-15-20-2-1-9-38-20/h10-11,13,16,20-21,33H,1-9,12,14-15H2,(H,34,36)(H,35,37). The lowest BCUT2D eigenvalue weighted by molar-refractivity contribution is -0.145. The number of amides is 2. The molecule has 1 aliphatic carbocycles. The van der Waals surface area contributed by atoms with E-state index in [9.17, 15) is 35.9 Å². The van der Waals surface area contributed by atoms with E-state index in [1.807, 2.05) is 0 Å². The normalized spacial score (nSPS) is 22.6. The maximum atomic E-state index is 13.7. The summed E-state index contributed by atoms with van der Waals surface area (Å²) in [6, 6.07) is 1.28. The Balaban J connectivity index is 1.54. The van der Waals surface area contributed by atoms with Crippen LogP contribution in [0.1, 0.15) is 61.6 Å². The topological polar surface area (TPSA) is 79.5 Å². The molecule has 12 heteroatoms. The van der Waals surface area contributed by atoms with Gasteiger partial charge in [-0.2, -0.15) is 26.3 Å². The number of hydrogen-bond acceptors (Lipinski definition) is 4. The lowest BCUT2D eigenvalue weighted by Gasteiger charge is -2.42. The molecular formula is C26H33F6N3O3. The summed E-state index contributed by atoms with van der Waals surface area (Å²) in [5.41, 5.74) is -4.31. The minimum absolute atomic E-state index is 0.0592.